The maximum Gasteiger partial charge on any atom is 0.237 e. The molecule has 1 rings (SSSR count). The van der Waals surface area contributed by atoms with Crippen molar-refractivity contribution in [2.75, 3.05) is 0 Å². The van der Waals surface area contributed by atoms with Gasteiger partial charge in [0.1, 0.15) is 12.2 Å². The van der Waals surface area contributed by atoms with Crippen LogP contribution in [0.15, 0.2) is 18.6 Å². The number of nitrogens with zero attached hydrogens (tertiary/aromatic N) is 3. The van der Waals surface area contributed by atoms with Crippen molar-refractivity contribution >= 4 is 5.91 Å². The number of carbonyl (C=O) groups excluding carboxylic acids is 1. The van der Waals surface area contributed by atoms with E-state index in [2.05, 4.69) is 15.3 Å². The van der Waals surface area contributed by atoms with Crippen LogP contribution in [0.1, 0.15) is 19.5 Å². The van der Waals surface area contributed by atoms with Crippen molar-refractivity contribution in [3.63, 3.8) is 0 Å². The molecule has 1 amide bonds. The highest BCUT2D eigenvalue weighted by Gasteiger charge is 2.21. The van der Waals surface area contributed by atoms with E-state index >= 15 is 0 Å². The zero-order chi connectivity index (χ0) is 12.0. The topological polar surface area (TPSA) is 78.7 Å². The summed E-state index contributed by atoms with van der Waals surface area (Å²) in [5, 5.41) is 11.5. The minimum Gasteiger partial charge on any atom is -0.349 e. The van der Waals surface area contributed by atoms with Crippen LogP contribution in [-0.2, 0) is 11.3 Å². The second kappa shape index (κ2) is 5.81. The molecule has 1 aromatic rings. The van der Waals surface area contributed by atoms with E-state index in [1.54, 1.807) is 12.3 Å². The van der Waals surface area contributed by atoms with Gasteiger partial charge in [-0.1, -0.05) is 13.8 Å². The first-order valence-electron chi connectivity index (χ1n) is 5.07. The van der Waals surface area contributed by atoms with Gasteiger partial charge in [0.15, 0.2) is 0 Å². The van der Waals surface area contributed by atoms with Gasteiger partial charge in [0.2, 0.25) is 5.91 Å². The first kappa shape index (κ1) is 12.1. The number of hydrogen-bond acceptors (Lipinski definition) is 4. The van der Waals surface area contributed by atoms with E-state index in [1.807, 2.05) is 19.9 Å². The van der Waals surface area contributed by atoms with Crippen LogP contribution in [0.25, 0.3) is 0 Å². The van der Waals surface area contributed by atoms with Gasteiger partial charge in [-0.15, -0.1) is 0 Å². The van der Waals surface area contributed by atoms with Crippen molar-refractivity contribution in [3.05, 3.63) is 24.3 Å². The second-order valence-electron chi connectivity index (χ2n) is 3.77. The van der Waals surface area contributed by atoms with Crippen molar-refractivity contribution in [1.82, 2.24) is 15.3 Å². The van der Waals surface area contributed by atoms with E-state index in [0.717, 1.165) is 5.69 Å². The third kappa shape index (κ3) is 3.31. The highest BCUT2D eigenvalue weighted by molar-refractivity contribution is 5.81. The number of hydrogen-bond donors (Lipinski definition) is 1. The molecule has 1 heterocycles. The molecule has 0 aliphatic rings. The number of carbonyl (C=O) groups is 1. The molecule has 1 N–H and O–H groups in total. The van der Waals surface area contributed by atoms with Crippen molar-refractivity contribution in [1.29, 1.82) is 5.26 Å². The summed E-state index contributed by atoms with van der Waals surface area (Å²) < 4.78 is 0. The van der Waals surface area contributed by atoms with Crippen molar-refractivity contribution in [2.45, 2.75) is 20.4 Å². The summed E-state index contributed by atoms with van der Waals surface area (Å²) in [6.45, 7) is 4.02. The summed E-state index contributed by atoms with van der Waals surface area (Å²) in [7, 11) is 0. The number of rotatable bonds is 4. The second-order valence-corrected chi connectivity index (χ2v) is 3.77. The van der Waals surface area contributed by atoms with Gasteiger partial charge < -0.3 is 5.32 Å². The molecule has 0 fully saturated rings. The maximum absolute atomic E-state index is 11.6. The van der Waals surface area contributed by atoms with E-state index in [1.165, 1.54) is 6.33 Å². The average Bonchev–Trinajstić information content (AvgIpc) is 2.28. The van der Waals surface area contributed by atoms with E-state index < -0.39 is 5.92 Å². The molecular formula is C11H14N4O. The minimum absolute atomic E-state index is 0.00963. The molecule has 0 aliphatic carbocycles. The lowest BCUT2D eigenvalue weighted by Gasteiger charge is -2.12. The van der Waals surface area contributed by atoms with Gasteiger partial charge in [0.05, 0.1) is 18.3 Å². The molecule has 84 valence electrons. The number of nitrogens with one attached hydrogen (secondary N) is 1. The zero-order valence-electron chi connectivity index (χ0n) is 9.34. The molecule has 0 spiro atoms. The molecule has 1 aromatic heterocycles. The fourth-order valence-corrected chi connectivity index (χ4v) is 1.22. The van der Waals surface area contributed by atoms with Crippen molar-refractivity contribution in [2.24, 2.45) is 11.8 Å². The molecule has 5 heteroatoms. The number of aromatic nitrogens is 2. The van der Waals surface area contributed by atoms with E-state index in [4.69, 9.17) is 5.26 Å². The molecule has 0 radical (unpaired) electrons. The predicted molar refractivity (Wildman–Crippen MR) is 57.8 cm³/mol. The molecule has 0 saturated carbocycles. The van der Waals surface area contributed by atoms with Crippen LogP contribution in [0, 0.1) is 23.2 Å². The lowest BCUT2D eigenvalue weighted by molar-refractivity contribution is -0.124. The molecule has 0 aliphatic heterocycles. The zero-order valence-corrected chi connectivity index (χ0v) is 9.34. The van der Waals surface area contributed by atoms with Gasteiger partial charge in [0.25, 0.3) is 0 Å². The van der Waals surface area contributed by atoms with Gasteiger partial charge in [-0.3, -0.25) is 4.79 Å². The Balaban J connectivity index is 2.50. The summed E-state index contributed by atoms with van der Waals surface area (Å²) in [5.41, 5.74) is 0.726. The van der Waals surface area contributed by atoms with Gasteiger partial charge in [-0.05, 0) is 12.0 Å². The third-order valence-corrected chi connectivity index (χ3v) is 2.18. The first-order valence-corrected chi connectivity index (χ1v) is 5.07. The summed E-state index contributed by atoms with van der Waals surface area (Å²) in [5.74, 6) is -0.853. The van der Waals surface area contributed by atoms with E-state index in [0.29, 0.717) is 6.54 Å². The standard InChI is InChI=1S/C11H14N4O/c1-8(2)10(5-12)11(16)14-6-9-3-4-13-7-15-9/h3-4,7-8,10H,6H2,1-2H3,(H,14,16). The largest absolute Gasteiger partial charge is 0.349 e. The van der Waals surface area contributed by atoms with Crippen LogP contribution in [0.4, 0.5) is 0 Å². The Morgan fingerprint density at radius 2 is 2.38 bits per heavy atom. The van der Waals surface area contributed by atoms with Crippen LogP contribution in [0.3, 0.4) is 0 Å². The molecular weight excluding hydrogens is 204 g/mol. The lowest BCUT2D eigenvalue weighted by Crippen LogP contribution is -2.32. The summed E-state index contributed by atoms with van der Waals surface area (Å²) in [6.07, 6.45) is 3.03. The average molecular weight is 218 g/mol. The van der Waals surface area contributed by atoms with Crippen molar-refractivity contribution < 1.29 is 4.79 Å². The fraction of sp³-hybridized carbons (Fsp3) is 0.455. The SMILES string of the molecule is CC(C)C(C#N)C(=O)NCc1ccncn1. The van der Waals surface area contributed by atoms with E-state index in [9.17, 15) is 4.79 Å². The van der Waals surface area contributed by atoms with Gasteiger partial charge in [-0.2, -0.15) is 5.26 Å². The van der Waals surface area contributed by atoms with Crippen molar-refractivity contribution in [3.8, 4) is 6.07 Å². The molecule has 1 unspecified atom stereocenters. The number of amides is 1. The maximum atomic E-state index is 11.6. The van der Waals surface area contributed by atoms with Gasteiger partial charge in [-0.25, -0.2) is 9.97 Å². The van der Waals surface area contributed by atoms with Crippen LogP contribution in [0.2, 0.25) is 0 Å². The summed E-state index contributed by atoms with van der Waals surface area (Å²) >= 11 is 0. The van der Waals surface area contributed by atoms with Crippen LogP contribution in [-0.4, -0.2) is 15.9 Å². The van der Waals surface area contributed by atoms with E-state index in [-0.39, 0.29) is 11.8 Å². The highest BCUT2D eigenvalue weighted by atomic mass is 16.1. The van der Waals surface area contributed by atoms with Crippen LogP contribution < -0.4 is 5.32 Å². The Morgan fingerprint density at radius 1 is 1.62 bits per heavy atom. The Labute approximate surface area is 94.5 Å². The third-order valence-electron chi connectivity index (χ3n) is 2.18. The van der Waals surface area contributed by atoms with Gasteiger partial charge in [0, 0.05) is 6.20 Å². The Hall–Kier alpha value is -1.96. The molecule has 1 atom stereocenters. The molecule has 0 saturated heterocycles. The van der Waals surface area contributed by atoms with Crippen LogP contribution in [0.5, 0.6) is 0 Å². The quantitative estimate of drug-likeness (QED) is 0.814. The fourth-order valence-electron chi connectivity index (χ4n) is 1.22. The first-order chi connectivity index (χ1) is 7.65. The normalized spacial score (nSPS) is 11.9. The monoisotopic (exact) mass is 218 g/mol. The lowest BCUT2D eigenvalue weighted by atomic mass is 9.97. The van der Waals surface area contributed by atoms with Gasteiger partial charge >= 0.3 is 0 Å². The molecule has 16 heavy (non-hydrogen) atoms. The number of nitriles is 1. The Kier molecular flexibility index (Phi) is 4.40. The molecule has 0 bridgehead atoms. The highest BCUT2D eigenvalue weighted by Crippen LogP contribution is 2.09. The van der Waals surface area contributed by atoms with Crippen LogP contribution >= 0.6 is 0 Å². The predicted octanol–water partition coefficient (Wildman–Crippen LogP) is 0.889. The Morgan fingerprint density at radius 3 is 2.88 bits per heavy atom. The molecule has 5 nitrogen and oxygen atoms in total. The smallest absolute Gasteiger partial charge is 0.237 e. The summed E-state index contributed by atoms with van der Waals surface area (Å²) in [6, 6.07) is 3.71. The minimum atomic E-state index is -0.609. The molecule has 0 aromatic carbocycles. The Bertz CT molecular complexity index is 383. The summed E-state index contributed by atoms with van der Waals surface area (Å²) in [4.78, 5) is 19.4.